The zero-order chi connectivity index (χ0) is 38.6. The van der Waals surface area contributed by atoms with E-state index in [2.05, 4.69) is 12.2 Å². The Morgan fingerprint density at radius 2 is 1.59 bits per heavy atom. The molecule has 51 heavy (non-hydrogen) atoms. The van der Waals surface area contributed by atoms with Crippen molar-refractivity contribution in [1.82, 2.24) is 15.1 Å². The van der Waals surface area contributed by atoms with Gasteiger partial charge in [-0.05, 0) is 30.2 Å². The second-order valence-corrected chi connectivity index (χ2v) is 15.6. The predicted molar refractivity (Wildman–Crippen MR) is 198 cm³/mol. The maximum absolute atomic E-state index is 14.1. The number of benzene rings is 1. The van der Waals surface area contributed by atoms with Crippen LogP contribution in [0.5, 0.6) is 0 Å². The molecule has 0 aliphatic carbocycles. The molecule has 288 valence electrons. The highest BCUT2D eigenvalue weighted by molar-refractivity contribution is 5.90. The molecule has 11 nitrogen and oxygen atoms in total. The van der Waals surface area contributed by atoms with Crippen molar-refractivity contribution in [3.05, 3.63) is 35.9 Å². The quantitative estimate of drug-likeness (QED) is 0.196. The van der Waals surface area contributed by atoms with Crippen molar-refractivity contribution in [3.63, 3.8) is 0 Å². The smallest absolute Gasteiger partial charge is 0.328 e. The second kappa shape index (κ2) is 20.1. The minimum atomic E-state index is -0.882. The molecule has 1 aliphatic rings. The fourth-order valence-electron chi connectivity index (χ4n) is 7.17. The van der Waals surface area contributed by atoms with Gasteiger partial charge in [0, 0.05) is 52.0 Å². The molecule has 0 saturated carbocycles. The fourth-order valence-corrected chi connectivity index (χ4v) is 7.17. The molecule has 1 fully saturated rings. The minimum Gasteiger partial charge on any atom is -0.467 e. The van der Waals surface area contributed by atoms with Crippen LogP contribution in [-0.4, -0.2) is 105 Å². The molecule has 1 N–H and O–H groups in total. The van der Waals surface area contributed by atoms with Gasteiger partial charge in [0.1, 0.15) is 11.8 Å². The normalized spacial score (nSPS) is 19.0. The van der Waals surface area contributed by atoms with Gasteiger partial charge >= 0.3 is 5.97 Å². The van der Waals surface area contributed by atoms with Gasteiger partial charge in [-0.2, -0.15) is 0 Å². The fraction of sp³-hybridized carbons (Fsp3) is 0.725. The van der Waals surface area contributed by atoms with E-state index in [0.29, 0.717) is 13.0 Å². The summed E-state index contributed by atoms with van der Waals surface area (Å²) in [7, 11) is 6.14. The molecule has 1 aromatic rings. The number of ether oxygens (including phenoxy) is 3. The van der Waals surface area contributed by atoms with E-state index in [1.807, 2.05) is 71.9 Å². The van der Waals surface area contributed by atoms with Crippen molar-refractivity contribution in [2.24, 2.45) is 29.1 Å². The first-order valence-electron chi connectivity index (χ1n) is 18.5. The number of hydrogen-bond donors (Lipinski definition) is 1. The van der Waals surface area contributed by atoms with E-state index in [4.69, 9.17) is 14.2 Å². The zero-order valence-corrected chi connectivity index (χ0v) is 33.2. The molecule has 1 heterocycles. The number of nitrogens with one attached hydrogen (secondary N) is 1. The van der Waals surface area contributed by atoms with Crippen molar-refractivity contribution in [1.29, 1.82) is 0 Å². The lowest BCUT2D eigenvalue weighted by molar-refractivity contribution is -0.150. The first-order chi connectivity index (χ1) is 23.9. The van der Waals surface area contributed by atoms with E-state index in [0.717, 1.165) is 18.4 Å². The maximum Gasteiger partial charge on any atom is 0.328 e. The Morgan fingerprint density at radius 3 is 2.10 bits per heavy atom. The van der Waals surface area contributed by atoms with Gasteiger partial charge in [-0.25, -0.2) is 4.79 Å². The number of carbonyl (C=O) groups is 5. The summed E-state index contributed by atoms with van der Waals surface area (Å²) in [6, 6.07) is 7.72. The standard InChI is InChI=1S/C40H65N3O8/c1-13-26(4)35(42(9)38(47)29(25(2)3)23-33(44)40(6,7)8)32(49-10)24-34(45)43-21-17-20-31(43)36(50-11)27(5)37(46)41-30(39(48)51-12)22-28-18-15-14-16-19-28/h14-16,18-19,25-27,29-32,35-36H,13,17,20-24H2,1-12H3,(H,41,46)/t26-,27+,29-,30-,31-,32+,35-,36+/m0/s1. The molecule has 1 saturated heterocycles. The number of carbonyl (C=O) groups excluding carboxylic acids is 5. The third-order valence-electron chi connectivity index (χ3n) is 10.7. The van der Waals surface area contributed by atoms with Crippen LogP contribution in [0.25, 0.3) is 0 Å². The lowest BCUT2D eigenvalue weighted by Gasteiger charge is -2.41. The molecule has 8 atom stereocenters. The monoisotopic (exact) mass is 715 g/mol. The Balaban J connectivity index is 2.27. The molecule has 0 unspecified atom stereocenters. The van der Waals surface area contributed by atoms with Gasteiger partial charge in [0.2, 0.25) is 17.7 Å². The summed E-state index contributed by atoms with van der Waals surface area (Å²) < 4.78 is 16.9. The number of nitrogens with zero attached hydrogens (tertiary/aromatic N) is 2. The van der Waals surface area contributed by atoms with Gasteiger partial charge in [0.25, 0.3) is 0 Å². The van der Waals surface area contributed by atoms with Crippen LogP contribution >= 0.6 is 0 Å². The Kier molecular flexibility index (Phi) is 17.3. The third kappa shape index (κ3) is 11.9. The molecule has 0 aromatic heterocycles. The van der Waals surface area contributed by atoms with E-state index in [1.165, 1.54) is 14.2 Å². The van der Waals surface area contributed by atoms with Crippen molar-refractivity contribution in [2.45, 2.75) is 124 Å². The molecule has 0 bridgehead atoms. The minimum absolute atomic E-state index is 0.00582. The van der Waals surface area contributed by atoms with Crippen molar-refractivity contribution < 1.29 is 38.2 Å². The Hall–Kier alpha value is -3.31. The molecule has 1 aliphatic heterocycles. The zero-order valence-electron chi connectivity index (χ0n) is 33.2. The van der Waals surface area contributed by atoms with Crippen LogP contribution in [0, 0.1) is 29.1 Å². The number of ketones is 1. The molecular formula is C40H65N3O8. The lowest BCUT2D eigenvalue weighted by Crippen LogP contribution is -2.55. The summed E-state index contributed by atoms with van der Waals surface area (Å²) in [6.45, 7) is 15.9. The van der Waals surface area contributed by atoms with Crippen LogP contribution < -0.4 is 5.32 Å². The van der Waals surface area contributed by atoms with E-state index in [9.17, 15) is 24.0 Å². The number of esters is 1. The molecule has 1 aromatic carbocycles. The lowest BCUT2D eigenvalue weighted by atomic mass is 9.80. The number of methoxy groups -OCH3 is 3. The number of rotatable bonds is 19. The number of Topliss-reactive ketones (excluding diaryl/α,β-unsaturated/α-hetero) is 1. The second-order valence-electron chi connectivity index (χ2n) is 15.6. The van der Waals surface area contributed by atoms with E-state index in [1.54, 1.807) is 30.9 Å². The summed E-state index contributed by atoms with van der Waals surface area (Å²) in [5, 5.41) is 2.86. The highest BCUT2D eigenvalue weighted by Gasteiger charge is 2.43. The van der Waals surface area contributed by atoms with Gasteiger partial charge in [0.15, 0.2) is 0 Å². The third-order valence-corrected chi connectivity index (χ3v) is 10.7. The van der Waals surface area contributed by atoms with Crippen LogP contribution in [0.15, 0.2) is 30.3 Å². The summed E-state index contributed by atoms with van der Waals surface area (Å²) in [4.78, 5) is 70.9. The predicted octanol–water partition coefficient (Wildman–Crippen LogP) is 5.08. The molecule has 11 heteroatoms. The summed E-state index contributed by atoms with van der Waals surface area (Å²) in [5.41, 5.74) is 0.324. The van der Waals surface area contributed by atoms with Crippen LogP contribution in [-0.2, 0) is 44.6 Å². The van der Waals surface area contributed by atoms with Crippen LogP contribution in [0.1, 0.15) is 93.1 Å². The number of likely N-dealkylation sites (tertiary alicyclic amines) is 1. The SMILES string of the molecule is CC[C@H](C)[C@@H]([C@@H](CC(=O)N1CCC[C@H]1[C@H](OC)[C@@H](C)C(=O)N[C@@H](Cc1ccccc1)C(=O)OC)OC)N(C)C(=O)[C@@H](CC(=O)C(C)(C)C)C(C)C. The van der Waals surface area contributed by atoms with Crippen LogP contribution in [0.4, 0.5) is 0 Å². The summed E-state index contributed by atoms with van der Waals surface area (Å²) in [5.74, 6) is -2.38. The largest absolute Gasteiger partial charge is 0.467 e. The molecule has 0 radical (unpaired) electrons. The molecular weight excluding hydrogens is 650 g/mol. The van der Waals surface area contributed by atoms with Gasteiger partial charge in [-0.1, -0.05) is 92.1 Å². The van der Waals surface area contributed by atoms with E-state index in [-0.39, 0.29) is 60.6 Å². The maximum atomic E-state index is 14.1. The Bertz CT molecular complexity index is 1300. The van der Waals surface area contributed by atoms with Gasteiger partial charge in [-0.3, -0.25) is 19.2 Å². The van der Waals surface area contributed by atoms with Crippen molar-refractivity contribution >= 4 is 29.5 Å². The summed E-state index contributed by atoms with van der Waals surface area (Å²) in [6.07, 6.45) is 1.37. The van der Waals surface area contributed by atoms with Crippen LogP contribution in [0.2, 0.25) is 0 Å². The van der Waals surface area contributed by atoms with Crippen LogP contribution in [0.3, 0.4) is 0 Å². The molecule has 2 rings (SSSR count). The Labute approximate surface area is 306 Å². The van der Waals surface area contributed by atoms with Gasteiger partial charge in [0.05, 0.1) is 43.7 Å². The van der Waals surface area contributed by atoms with Crippen molar-refractivity contribution in [2.75, 3.05) is 34.9 Å². The number of likely N-dealkylation sites (N-methyl/N-ethyl adjacent to an activating group) is 1. The highest BCUT2D eigenvalue weighted by Crippen LogP contribution is 2.31. The number of amides is 3. The van der Waals surface area contributed by atoms with E-state index < -0.39 is 47.5 Å². The van der Waals surface area contributed by atoms with E-state index >= 15 is 0 Å². The Morgan fingerprint density at radius 1 is 0.961 bits per heavy atom. The topological polar surface area (TPSA) is 132 Å². The summed E-state index contributed by atoms with van der Waals surface area (Å²) >= 11 is 0. The number of hydrogen-bond acceptors (Lipinski definition) is 8. The van der Waals surface area contributed by atoms with Gasteiger partial charge in [-0.15, -0.1) is 0 Å². The van der Waals surface area contributed by atoms with Gasteiger partial charge < -0.3 is 29.3 Å². The average Bonchev–Trinajstić information content (AvgIpc) is 3.58. The first kappa shape index (κ1) is 43.9. The molecule has 0 spiro atoms. The molecule has 3 amide bonds. The average molecular weight is 716 g/mol. The first-order valence-corrected chi connectivity index (χ1v) is 18.5. The van der Waals surface area contributed by atoms with Crippen molar-refractivity contribution in [3.8, 4) is 0 Å². The highest BCUT2D eigenvalue weighted by atomic mass is 16.5.